The summed E-state index contributed by atoms with van der Waals surface area (Å²) in [6.45, 7) is 0.640. The van der Waals surface area contributed by atoms with Gasteiger partial charge in [-0.05, 0) is 18.6 Å². The van der Waals surface area contributed by atoms with Crippen molar-refractivity contribution >= 4 is 23.2 Å². The van der Waals surface area contributed by atoms with Crippen LogP contribution in [0.5, 0.6) is 0 Å². The van der Waals surface area contributed by atoms with E-state index in [1.807, 2.05) is 0 Å². The zero-order valence-electron chi connectivity index (χ0n) is 12.2. The maximum absolute atomic E-state index is 13.6. The molecular weight excluding hydrogens is 323 g/mol. The van der Waals surface area contributed by atoms with Crippen molar-refractivity contribution in [1.29, 1.82) is 0 Å². The molecule has 2 rings (SSSR count). The fraction of sp³-hybridized carbons (Fsp3) is 0.267. The molecule has 6 nitrogen and oxygen atoms in total. The third kappa shape index (κ3) is 4.33. The number of benzene rings is 1. The van der Waals surface area contributed by atoms with Crippen LogP contribution in [0.3, 0.4) is 0 Å². The number of aliphatic carboxylic acids is 1. The van der Waals surface area contributed by atoms with Crippen LogP contribution in [0.4, 0.5) is 4.39 Å². The summed E-state index contributed by atoms with van der Waals surface area (Å²) < 4.78 is 13.6. The van der Waals surface area contributed by atoms with E-state index in [-0.39, 0.29) is 17.9 Å². The lowest BCUT2D eigenvalue weighted by atomic mass is 10.1. The molecule has 0 bridgehead atoms. The normalized spacial score (nSPS) is 13.3. The number of carboxylic acids is 1. The van der Waals surface area contributed by atoms with Gasteiger partial charge >= 0.3 is 5.97 Å². The minimum Gasteiger partial charge on any atom is -0.479 e. The predicted octanol–water partition coefficient (Wildman–Crippen LogP) is 1.44. The van der Waals surface area contributed by atoms with Crippen LogP contribution >= 0.6 is 11.3 Å². The summed E-state index contributed by atoms with van der Waals surface area (Å²) in [6, 6.07) is 6.30. The molecule has 0 saturated carbocycles. The highest BCUT2D eigenvalue weighted by molar-refractivity contribution is 7.09. The fourth-order valence-electron chi connectivity index (χ4n) is 1.72. The van der Waals surface area contributed by atoms with Gasteiger partial charge in [0, 0.05) is 11.8 Å². The van der Waals surface area contributed by atoms with Crippen molar-refractivity contribution in [2.45, 2.75) is 18.9 Å². The van der Waals surface area contributed by atoms with E-state index >= 15 is 0 Å². The Morgan fingerprint density at radius 2 is 2.09 bits per heavy atom. The maximum Gasteiger partial charge on any atom is 0.337 e. The summed E-state index contributed by atoms with van der Waals surface area (Å²) in [7, 11) is 0. The molecule has 0 radical (unpaired) electrons. The molecule has 0 saturated heterocycles. The van der Waals surface area contributed by atoms with E-state index in [2.05, 4.69) is 10.3 Å². The van der Waals surface area contributed by atoms with Gasteiger partial charge in [0.2, 0.25) is 0 Å². The van der Waals surface area contributed by atoms with Crippen LogP contribution in [-0.2, 0) is 11.2 Å². The molecule has 2 aromatic rings. The Morgan fingerprint density at radius 1 is 1.39 bits per heavy atom. The van der Waals surface area contributed by atoms with E-state index in [1.54, 1.807) is 18.2 Å². The maximum atomic E-state index is 13.6. The summed E-state index contributed by atoms with van der Waals surface area (Å²) in [5, 5.41) is 22.7. The van der Waals surface area contributed by atoms with Gasteiger partial charge in [0.15, 0.2) is 5.60 Å². The van der Waals surface area contributed by atoms with Gasteiger partial charge in [-0.25, -0.2) is 14.2 Å². The number of aliphatic hydroxyl groups is 1. The summed E-state index contributed by atoms with van der Waals surface area (Å²) >= 11 is 1.20. The molecule has 0 aliphatic rings. The van der Waals surface area contributed by atoms with Crippen LogP contribution in [-0.4, -0.2) is 39.2 Å². The van der Waals surface area contributed by atoms with Crippen LogP contribution < -0.4 is 5.32 Å². The van der Waals surface area contributed by atoms with Gasteiger partial charge < -0.3 is 15.5 Å². The van der Waals surface area contributed by atoms with Gasteiger partial charge in [0.1, 0.15) is 11.5 Å². The van der Waals surface area contributed by atoms with Gasteiger partial charge in [0.05, 0.1) is 11.6 Å². The number of carbonyl (C=O) groups is 2. The monoisotopic (exact) mass is 338 g/mol. The van der Waals surface area contributed by atoms with E-state index in [0.717, 1.165) is 6.92 Å². The first kappa shape index (κ1) is 17.0. The third-order valence-corrected chi connectivity index (χ3v) is 3.99. The number of rotatable bonds is 6. The van der Waals surface area contributed by atoms with Crippen molar-refractivity contribution in [3.05, 3.63) is 51.7 Å². The molecule has 1 heterocycles. The average Bonchev–Trinajstić information content (AvgIpc) is 2.96. The van der Waals surface area contributed by atoms with Crippen LogP contribution in [0.2, 0.25) is 0 Å². The largest absolute Gasteiger partial charge is 0.479 e. The molecule has 1 unspecified atom stereocenters. The lowest BCUT2D eigenvalue weighted by molar-refractivity contribution is -0.155. The first-order valence-electron chi connectivity index (χ1n) is 6.71. The molecule has 1 aromatic carbocycles. The zero-order valence-corrected chi connectivity index (χ0v) is 13.1. The van der Waals surface area contributed by atoms with Gasteiger partial charge in [-0.15, -0.1) is 11.3 Å². The second kappa shape index (κ2) is 6.84. The van der Waals surface area contributed by atoms with E-state index < -0.39 is 24.0 Å². The number of hydrogen-bond donors (Lipinski definition) is 3. The molecule has 0 aliphatic heterocycles. The zero-order chi connectivity index (χ0) is 17.0. The predicted molar refractivity (Wildman–Crippen MR) is 81.9 cm³/mol. The second-order valence-corrected chi connectivity index (χ2v) is 6.10. The summed E-state index contributed by atoms with van der Waals surface area (Å²) in [6.07, 6.45) is 0.261. The highest BCUT2D eigenvalue weighted by Gasteiger charge is 2.30. The Hall–Kier alpha value is -2.32. The molecule has 0 fully saturated rings. The number of nitrogens with one attached hydrogen (secondary N) is 1. The highest BCUT2D eigenvalue weighted by Crippen LogP contribution is 2.17. The minimum atomic E-state index is -2.05. The van der Waals surface area contributed by atoms with Crippen LogP contribution in [0.15, 0.2) is 29.6 Å². The molecule has 23 heavy (non-hydrogen) atoms. The Balaban J connectivity index is 2.00. The number of halogens is 1. The molecule has 122 valence electrons. The van der Waals surface area contributed by atoms with Crippen molar-refractivity contribution in [2.24, 2.45) is 0 Å². The standard InChI is InChI=1S/C15H15FN2O4S/c1-15(22,14(20)21)8-17-13(19)11-7-23-12(18-11)6-9-4-2-3-5-10(9)16/h2-5,7,22H,6,8H2,1H3,(H,17,19)(H,20,21). The number of amides is 1. The Bertz CT molecular complexity index is 730. The average molecular weight is 338 g/mol. The minimum absolute atomic E-state index is 0.0996. The SMILES string of the molecule is CC(O)(CNC(=O)c1csc(Cc2ccccc2F)n1)C(=O)O. The topological polar surface area (TPSA) is 99.5 Å². The lowest BCUT2D eigenvalue weighted by Gasteiger charge is -2.17. The summed E-state index contributed by atoms with van der Waals surface area (Å²) in [4.78, 5) is 26.8. The Labute approximate surface area is 135 Å². The summed E-state index contributed by atoms with van der Waals surface area (Å²) in [5.74, 6) is -2.37. The third-order valence-electron chi connectivity index (χ3n) is 3.14. The van der Waals surface area contributed by atoms with Gasteiger partial charge in [-0.2, -0.15) is 0 Å². The number of carbonyl (C=O) groups excluding carboxylic acids is 1. The Morgan fingerprint density at radius 3 is 2.74 bits per heavy atom. The van der Waals surface area contributed by atoms with Gasteiger partial charge in [-0.3, -0.25) is 4.79 Å². The van der Waals surface area contributed by atoms with Crippen molar-refractivity contribution in [1.82, 2.24) is 10.3 Å². The van der Waals surface area contributed by atoms with Gasteiger partial charge in [-0.1, -0.05) is 18.2 Å². The van der Waals surface area contributed by atoms with Crippen molar-refractivity contribution < 1.29 is 24.2 Å². The number of carboxylic acid groups (broad SMARTS) is 1. The molecule has 0 aliphatic carbocycles. The molecule has 1 atom stereocenters. The first-order valence-corrected chi connectivity index (χ1v) is 7.59. The molecule has 3 N–H and O–H groups in total. The van der Waals surface area contributed by atoms with E-state index in [0.29, 0.717) is 10.6 Å². The van der Waals surface area contributed by atoms with Crippen molar-refractivity contribution in [3.63, 3.8) is 0 Å². The molecule has 1 amide bonds. The van der Waals surface area contributed by atoms with Crippen molar-refractivity contribution in [2.75, 3.05) is 6.54 Å². The number of hydrogen-bond acceptors (Lipinski definition) is 5. The fourth-order valence-corrected chi connectivity index (χ4v) is 2.52. The highest BCUT2D eigenvalue weighted by atomic mass is 32.1. The molecule has 1 aromatic heterocycles. The molecule has 0 spiro atoms. The number of thiazole rings is 1. The number of aromatic nitrogens is 1. The van der Waals surface area contributed by atoms with E-state index in [9.17, 15) is 19.1 Å². The Kier molecular flexibility index (Phi) is 5.07. The van der Waals surface area contributed by atoms with E-state index in [1.165, 1.54) is 22.8 Å². The van der Waals surface area contributed by atoms with Gasteiger partial charge in [0.25, 0.3) is 5.91 Å². The lowest BCUT2D eigenvalue weighted by Crippen LogP contribution is -2.46. The van der Waals surface area contributed by atoms with Crippen LogP contribution in [0, 0.1) is 5.82 Å². The smallest absolute Gasteiger partial charge is 0.337 e. The van der Waals surface area contributed by atoms with E-state index in [4.69, 9.17) is 5.11 Å². The number of nitrogens with zero attached hydrogens (tertiary/aromatic N) is 1. The van der Waals surface area contributed by atoms with Crippen molar-refractivity contribution in [3.8, 4) is 0 Å². The van der Waals surface area contributed by atoms with Crippen LogP contribution in [0.1, 0.15) is 28.0 Å². The van der Waals surface area contributed by atoms with Crippen LogP contribution in [0.25, 0.3) is 0 Å². The molecule has 8 heteroatoms. The quantitative estimate of drug-likeness (QED) is 0.740. The molecular formula is C15H15FN2O4S. The first-order chi connectivity index (χ1) is 10.8. The summed E-state index contributed by atoms with van der Waals surface area (Å²) in [5.41, 5.74) is -1.48. The second-order valence-electron chi connectivity index (χ2n) is 5.16.